The fourth-order valence-electron chi connectivity index (χ4n) is 3.64. The van der Waals surface area contributed by atoms with Crippen LogP contribution in [0, 0.1) is 20.8 Å². The normalized spacial score (nSPS) is 16.9. The summed E-state index contributed by atoms with van der Waals surface area (Å²) in [5, 5.41) is 8.31. The van der Waals surface area contributed by atoms with Gasteiger partial charge in [-0.2, -0.15) is 0 Å². The first-order valence-electron chi connectivity index (χ1n) is 9.41. The molecule has 1 aliphatic rings. The van der Waals surface area contributed by atoms with Gasteiger partial charge in [-0.05, 0) is 48.6 Å². The molecule has 140 valence electrons. The van der Waals surface area contributed by atoms with E-state index in [0.717, 1.165) is 30.8 Å². The highest BCUT2D eigenvalue weighted by molar-refractivity contribution is 5.36. The molecule has 5 heteroatoms. The first kappa shape index (κ1) is 17.7. The first-order valence-corrected chi connectivity index (χ1v) is 9.41. The van der Waals surface area contributed by atoms with E-state index in [1.54, 1.807) is 0 Å². The molecule has 0 radical (unpaired) electrons. The Balaban J connectivity index is 1.51. The van der Waals surface area contributed by atoms with E-state index >= 15 is 0 Å². The summed E-state index contributed by atoms with van der Waals surface area (Å²) in [4.78, 5) is 2.38. The molecule has 1 atom stereocenters. The monoisotopic (exact) mass is 363 g/mol. The van der Waals surface area contributed by atoms with E-state index in [0.29, 0.717) is 18.4 Å². The molecule has 0 unspecified atom stereocenters. The summed E-state index contributed by atoms with van der Waals surface area (Å²) in [6.07, 6.45) is 0.876. The maximum absolute atomic E-state index is 6.09. The molecular formula is C22H25N3O2. The number of hydrogen-bond acceptors (Lipinski definition) is 5. The predicted octanol–water partition coefficient (Wildman–Crippen LogP) is 4.17. The van der Waals surface area contributed by atoms with E-state index < -0.39 is 0 Å². The third-order valence-electron chi connectivity index (χ3n) is 5.15. The van der Waals surface area contributed by atoms with E-state index in [1.807, 2.05) is 6.92 Å². The van der Waals surface area contributed by atoms with Gasteiger partial charge in [0.05, 0.1) is 6.04 Å². The summed E-state index contributed by atoms with van der Waals surface area (Å²) in [6, 6.07) is 15.0. The lowest BCUT2D eigenvalue weighted by Gasteiger charge is -2.34. The Morgan fingerprint density at radius 3 is 2.67 bits per heavy atom. The lowest BCUT2D eigenvalue weighted by atomic mass is 9.94. The lowest BCUT2D eigenvalue weighted by Crippen LogP contribution is -2.37. The molecule has 0 N–H and O–H groups in total. The van der Waals surface area contributed by atoms with Gasteiger partial charge in [0.15, 0.2) is 0 Å². The van der Waals surface area contributed by atoms with Crippen LogP contribution < -0.4 is 4.74 Å². The van der Waals surface area contributed by atoms with Crippen molar-refractivity contribution in [3.05, 3.63) is 76.5 Å². The fourth-order valence-corrected chi connectivity index (χ4v) is 3.64. The number of nitrogens with zero attached hydrogens (tertiary/aromatic N) is 3. The minimum absolute atomic E-state index is 0.0864. The average Bonchev–Trinajstić information content (AvgIpc) is 3.10. The van der Waals surface area contributed by atoms with Crippen LogP contribution in [0.5, 0.6) is 5.75 Å². The largest absolute Gasteiger partial charge is 0.492 e. The molecule has 1 aliphatic heterocycles. The number of ether oxygens (including phenoxy) is 1. The van der Waals surface area contributed by atoms with Crippen molar-refractivity contribution >= 4 is 0 Å². The van der Waals surface area contributed by atoms with E-state index in [9.17, 15) is 0 Å². The molecule has 3 aromatic rings. The van der Waals surface area contributed by atoms with Crippen molar-refractivity contribution < 1.29 is 9.15 Å². The smallest absolute Gasteiger partial charge is 0.233 e. The number of rotatable bonds is 5. The summed E-state index contributed by atoms with van der Waals surface area (Å²) < 4.78 is 11.9. The van der Waals surface area contributed by atoms with Crippen molar-refractivity contribution in [2.45, 2.75) is 39.8 Å². The molecule has 0 fully saturated rings. The van der Waals surface area contributed by atoms with E-state index in [1.165, 1.54) is 16.7 Å². The van der Waals surface area contributed by atoms with Crippen LogP contribution in [0.25, 0.3) is 0 Å². The van der Waals surface area contributed by atoms with Crippen molar-refractivity contribution in [2.24, 2.45) is 0 Å². The molecule has 0 spiro atoms. The number of fused-ring (bicyclic) bond motifs is 1. The Labute approximate surface area is 160 Å². The van der Waals surface area contributed by atoms with Crippen molar-refractivity contribution in [1.29, 1.82) is 0 Å². The van der Waals surface area contributed by atoms with Crippen molar-refractivity contribution in [3.8, 4) is 5.75 Å². The zero-order chi connectivity index (χ0) is 18.8. The Morgan fingerprint density at radius 2 is 1.89 bits per heavy atom. The number of aryl methyl sites for hydroxylation is 3. The Morgan fingerprint density at radius 1 is 1.07 bits per heavy atom. The van der Waals surface area contributed by atoms with Crippen LogP contribution in [0.15, 0.2) is 46.9 Å². The van der Waals surface area contributed by atoms with Gasteiger partial charge in [0.1, 0.15) is 12.4 Å². The molecule has 0 saturated heterocycles. The zero-order valence-corrected chi connectivity index (χ0v) is 16.1. The average molecular weight is 363 g/mol. The van der Waals surface area contributed by atoms with E-state index in [2.05, 4.69) is 71.4 Å². The van der Waals surface area contributed by atoms with Crippen LogP contribution >= 0.6 is 0 Å². The van der Waals surface area contributed by atoms with Gasteiger partial charge in [-0.15, -0.1) is 10.2 Å². The van der Waals surface area contributed by atoms with Crippen LogP contribution in [0.2, 0.25) is 0 Å². The molecule has 0 amide bonds. The standard InChI is InChI=1S/C22H25N3O2/c1-15-8-9-16(2)21(12-15)26-11-10-25-14-19-7-5-4-6-18(19)13-20(25)22-24-23-17(3)27-22/h4-9,12,20H,10-11,13-14H2,1-3H3/t20-/m0/s1. The highest BCUT2D eigenvalue weighted by Gasteiger charge is 2.30. The van der Waals surface area contributed by atoms with Gasteiger partial charge in [-0.25, -0.2) is 0 Å². The maximum Gasteiger partial charge on any atom is 0.233 e. The van der Waals surface area contributed by atoms with Crippen LogP contribution in [0.3, 0.4) is 0 Å². The van der Waals surface area contributed by atoms with Crippen molar-refractivity contribution in [3.63, 3.8) is 0 Å². The van der Waals surface area contributed by atoms with E-state index in [4.69, 9.17) is 9.15 Å². The first-order chi connectivity index (χ1) is 13.1. The second-order valence-corrected chi connectivity index (χ2v) is 7.24. The third kappa shape index (κ3) is 3.88. The minimum Gasteiger partial charge on any atom is -0.492 e. The molecule has 27 heavy (non-hydrogen) atoms. The molecule has 2 aromatic carbocycles. The van der Waals surface area contributed by atoms with Crippen molar-refractivity contribution in [2.75, 3.05) is 13.2 Å². The quantitative estimate of drug-likeness (QED) is 0.681. The topological polar surface area (TPSA) is 51.4 Å². The van der Waals surface area contributed by atoms with E-state index in [-0.39, 0.29) is 6.04 Å². The third-order valence-corrected chi connectivity index (χ3v) is 5.15. The molecule has 5 nitrogen and oxygen atoms in total. The van der Waals surface area contributed by atoms with Crippen molar-refractivity contribution in [1.82, 2.24) is 15.1 Å². The van der Waals surface area contributed by atoms with Crippen LogP contribution in [0.4, 0.5) is 0 Å². The highest BCUT2D eigenvalue weighted by atomic mass is 16.5. The van der Waals surface area contributed by atoms with Crippen LogP contribution in [-0.4, -0.2) is 28.2 Å². The number of benzene rings is 2. The van der Waals surface area contributed by atoms with Gasteiger partial charge >= 0.3 is 0 Å². The molecular weight excluding hydrogens is 338 g/mol. The lowest BCUT2D eigenvalue weighted by molar-refractivity contribution is 0.120. The summed E-state index contributed by atoms with van der Waals surface area (Å²) in [7, 11) is 0. The Kier molecular flexibility index (Phi) is 4.94. The van der Waals surface area contributed by atoms with Gasteiger partial charge in [-0.3, -0.25) is 4.90 Å². The Hall–Kier alpha value is -2.66. The SMILES string of the molecule is Cc1ccc(C)c(OCCN2Cc3ccccc3C[C@H]2c2nnc(C)o2)c1. The maximum atomic E-state index is 6.09. The summed E-state index contributed by atoms with van der Waals surface area (Å²) >= 11 is 0. The molecule has 0 saturated carbocycles. The summed E-state index contributed by atoms with van der Waals surface area (Å²) in [5.74, 6) is 2.25. The number of hydrogen-bond donors (Lipinski definition) is 0. The minimum atomic E-state index is 0.0864. The van der Waals surface area contributed by atoms with Gasteiger partial charge in [-0.1, -0.05) is 36.4 Å². The van der Waals surface area contributed by atoms with Gasteiger partial charge in [0.2, 0.25) is 11.8 Å². The van der Waals surface area contributed by atoms with Gasteiger partial charge in [0.25, 0.3) is 0 Å². The zero-order valence-electron chi connectivity index (χ0n) is 16.1. The van der Waals surface area contributed by atoms with Crippen LogP contribution in [-0.2, 0) is 13.0 Å². The molecule has 0 aliphatic carbocycles. The number of aromatic nitrogens is 2. The Bertz CT molecular complexity index is 935. The predicted molar refractivity (Wildman–Crippen MR) is 104 cm³/mol. The summed E-state index contributed by atoms with van der Waals surface area (Å²) in [6.45, 7) is 8.28. The second kappa shape index (κ2) is 7.53. The molecule has 0 bridgehead atoms. The van der Waals surface area contributed by atoms with Gasteiger partial charge in [0, 0.05) is 20.0 Å². The van der Waals surface area contributed by atoms with Crippen LogP contribution in [0.1, 0.15) is 40.1 Å². The molecule has 4 rings (SSSR count). The highest BCUT2D eigenvalue weighted by Crippen LogP contribution is 2.32. The van der Waals surface area contributed by atoms with Gasteiger partial charge < -0.3 is 9.15 Å². The molecule has 1 aromatic heterocycles. The molecule has 2 heterocycles. The second-order valence-electron chi connectivity index (χ2n) is 7.24. The summed E-state index contributed by atoms with van der Waals surface area (Å²) in [5.41, 5.74) is 5.08. The fraction of sp³-hybridized carbons (Fsp3) is 0.364.